The SMILES string of the molecule is CCCC1(CCC)c2cc(-c3ccc(OCCCCCCN4C(=O)C=CC4=O)cc3)ccc2-c2ccc(-c3ccc(-c4c[c-]c(-c5ccc(-c6ccc(-c7ccc8c(c7)C(CCC)(CCC)c7cc(-c9ccc(OCCCCCCN%10C(=O)C=CC%10=O)cc9)ccc7-8)cc6)cn5)cc4)cc3)cc21.O=C(O)c1ccccn1.[Pt]. The molecule has 4 aliphatic rings. The van der Waals surface area contributed by atoms with Crippen molar-refractivity contribution in [2.24, 2.45) is 0 Å². The van der Waals surface area contributed by atoms with Crippen molar-refractivity contribution in [3.63, 3.8) is 0 Å². The van der Waals surface area contributed by atoms with Gasteiger partial charge in [0.15, 0.2) is 0 Å². The maximum Gasteiger partial charge on any atom is 0.354 e. The van der Waals surface area contributed by atoms with E-state index in [0.717, 1.165) is 148 Å². The monoisotopic (exact) mass is 1660 g/mol. The molecule has 0 atom stereocenters. The first kappa shape index (κ1) is 78.9. The van der Waals surface area contributed by atoms with Crippen LogP contribution in [0.1, 0.15) is 163 Å². The van der Waals surface area contributed by atoms with Gasteiger partial charge in [0, 0.05) is 81.7 Å². The molecule has 570 valence electrons. The number of carboxylic acid groups (broad SMARTS) is 1. The maximum atomic E-state index is 11.8. The van der Waals surface area contributed by atoms with Crippen molar-refractivity contribution in [2.45, 2.75) is 141 Å². The summed E-state index contributed by atoms with van der Waals surface area (Å²) in [6, 6.07) is 82.5. The van der Waals surface area contributed by atoms with E-state index in [1.54, 1.807) is 12.1 Å². The van der Waals surface area contributed by atoms with E-state index < -0.39 is 5.97 Å². The number of unbranched alkanes of at least 4 members (excludes halogenated alkanes) is 6. The summed E-state index contributed by atoms with van der Waals surface area (Å²) in [5.41, 5.74) is 27.0. The number of carboxylic acids is 1. The number of hydrogen-bond acceptors (Lipinski definition) is 9. The van der Waals surface area contributed by atoms with Crippen molar-refractivity contribution < 1.29 is 59.6 Å². The molecule has 0 bridgehead atoms. The molecular weight excluding hydrogens is 1570 g/mol. The molecule has 0 saturated heterocycles. The third kappa shape index (κ3) is 17.1. The number of nitrogens with zero attached hydrogens (tertiary/aromatic N) is 4. The number of aromatic nitrogens is 2. The van der Waals surface area contributed by atoms with E-state index in [1.807, 2.05) is 6.20 Å². The number of rotatable bonds is 32. The first-order valence-corrected chi connectivity index (χ1v) is 39.7. The Hall–Kier alpha value is -11.2. The van der Waals surface area contributed by atoms with Crippen LogP contribution in [0.5, 0.6) is 11.5 Å². The average molecular weight is 1660 g/mol. The first-order chi connectivity index (χ1) is 54.3. The van der Waals surface area contributed by atoms with Gasteiger partial charge in [-0.2, -0.15) is 0 Å². The normalized spacial score (nSPS) is 13.8. The summed E-state index contributed by atoms with van der Waals surface area (Å²) in [6.07, 6.45) is 24.8. The number of aromatic carboxylic acids is 1. The van der Waals surface area contributed by atoms with Gasteiger partial charge in [0.1, 0.15) is 17.2 Å². The zero-order valence-electron chi connectivity index (χ0n) is 64.3. The van der Waals surface area contributed by atoms with E-state index in [-0.39, 0.29) is 61.2 Å². The van der Waals surface area contributed by atoms with Crippen LogP contribution in [0.15, 0.2) is 255 Å². The molecule has 11 aromatic rings. The largest absolute Gasteiger partial charge is 0.494 e. The molecule has 0 unspecified atom stereocenters. The van der Waals surface area contributed by atoms with Gasteiger partial charge in [-0.05, 0) is 218 Å². The first-order valence-electron chi connectivity index (χ1n) is 39.7. The Kier molecular flexibility index (Phi) is 25.6. The van der Waals surface area contributed by atoms with Crippen molar-refractivity contribution in [2.75, 3.05) is 26.3 Å². The molecule has 13 heteroatoms. The van der Waals surface area contributed by atoms with E-state index in [9.17, 15) is 24.0 Å². The Balaban J connectivity index is 0.00000103. The minimum absolute atomic E-state index is 0. The quantitative estimate of drug-likeness (QED) is 0.0245. The molecule has 1 N–H and O–H groups in total. The number of imide groups is 2. The summed E-state index contributed by atoms with van der Waals surface area (Å²) in [6.45, 7) is 11.5. The maximum absolute atomic E-state index is 11.8. The molecule has 9 aromatic carbocycles. The minimum atomic E-state index is -0.990. The Morgan fingerprint density at radius 1 is 0.384 bits per heavy atom. The number of ether oxygens (including phenoxy) is 2. The van der Waals surface area contributed by atoms with Crippen molar-refractivity contribution >= 4 is 29.6 Å². The fraction of sp³-hybridized carbons (Fsp3) is 0.263. The Morgan fingerprint density at radius 2 is 0.723 bits per heavy atom. The van der Waals surface area contributed by atoms with Crippen molar-refractivity contribution in [1.29, 1.82) is 0 Å². The van der Waals surface area contributed by atoms with Gasteiger partial charge in [0.05, 0.1) is 13.2 Å². The van der Waals surface area contributed by atoms with Gasteiger partial charge >= 0.3 is 5.97 Å². The fourth-order valence-corrected chi connectivity index (χ4v) is 17.1. The third-order valence-corrected chi connectivity index (χ3v) is 22.5. The molecule has 15 rings (SSSR count). The number of benzene rings is 9. The standard InChI is InChI=1S/C93H90N3O6.C6H5NO2.Pt/c1-5-51-92(52-6-2)83-59-72(33-42-79(83)81-44-35-74(61-85(81)92)68-29-38-77(39-30-68)101-57-15-11-9-13-55-95-88(97)47-48-89(95)98)66-19-17-64(18-20-66)65-25-27-71(28-26-65)87-46-37-76(63-94-87)70-23-21-67(22-24-70)73-34-43-80-82-45-36-75(62-86(82)93(53-7-3,54-8-4)84(80)60-73)69-31-40-78(41-32-69)102-58-16-12-10-14-56-96-90(99)49-50-91(96)100;8-6(9)5-3-1-2-4-7-5;/h17-27,29-50,59-63H,5-16,51-58H2,1-4H3;1-4H,(H,8,9);/q-1;;. The molecule has 0 saturated carbocycles. The van der Waals surface area contributed by atoms with Crippen LogP contribution >= 0.6 is 0 Å². The van der Waals surface area contributed by atoms with E-state index in [0.29, 0.717) is 26.3 Å². The molecule has 4 heterocycles. The summed E-state index contributed by atoms with van der Waals surface area (Å²) >= 11 is 0. The number of carbonyl (C=O) groups is 5. The Morgan fingerprint density at radius 3 is 1.04 bits per heavy atom. The molecule has 12 nitrogen and oxygen atoms in total. The van der Waals surface area contributed by atoms with Crippen molar-refractivity contribution in [3.8, 4) is 112 Å². The van der Waals surface area contributed by atoms with Crippen molar-refractivity contribution in [3.05, 3.63) is 289 Å². The van der Waals surface area contributed by atoms with Crippen LogP contribution in [0.4, 0.5) is 0 Å². The van der Waals surface area contributed by atoms with Gasteiger partial charge in [-0.25, -0.2) is 9.78 Å². The summed E-state index contributed by atoms with van der Waals surface area (Å²) in [5.74, 6) is -0.109. The van der Waals surface area contributed by atoms with Crippen molar-refractivity contribution in [1.82, 2.24) is 19.8 Å². The Labute approximate surface area is 673 Å². The molecule has 0 radical (unpaired) electrons. The van der Waals surface area contributed by atoms with E-state index in [1.165, 1.54) is 135 Å². The topological polar surface area (TPSA) is 156 Å². The zero-order chi connectivity index (χ0) is 76.9. The summed E-state index contributed by atoms with van der Waals surface area (Å²) < 4.78 is 12.3. The predicted molar refractivity (Wildman–Crippen MR) is 444 cm³/mol. The molecule has 0 fully saturated rings. The van der Waals surface area contributed by atoms with Gasteiger partial charge < -0.3 is 19.6 Å². The summed E-state index contributed by atoms with van der Waals surface area (Å²) in [4.78, 5) is 68.7. The van der Waals surface area contributed by atoms with Gasteiger partial charge in [-0.3, -0.25) is 29.0 Å². The molecule has 0 spiro atoms. The van der Waals surface area contributed by atoms with E-state index >= 15 is 0 Å². The second-order valence-corrected chi connectivity index (χ2v) is 29.7. The van der Waals surface area contributed by atoms with Gasteiger partial charge in [-0.15, -0.1) is 29.8 Å². The second-order valence-electron chi connectivity index (χ2n) is 29.7. The number of carbonyl (C=O) groups excluding carboxylic acids is 4. The van der Waals surface area contributed by atoms with E-state index in [2.05, 4.69) is 239 Å². The molecule has 2 aliphatic carbocycles. The third-order valence-electron chi connectivity index (χ3n) is 22.5. The smallest absolute Gasteiger partial charge is 0.354 e. The number of hydrogen-bond donors (Lipinski definition) is 1. The Bertz CT molecular complexity index is 4880. The van der Waals surface area contributed by atoms with Gasteiger partial charge in [-0.1, -0.05) is 230 Å². The number of amides is 4. The molecule has 112 heavy (non-hydrogen) atoms. The predicted octanol–water partition coefficient (Wildman–Crippen LogP) is 22.8. The minimum Gasteiger partial charge on any atom is -0.494 e. The zero-order valence-corrected chi connectivity index (χ0v) is 66.6. The van der Waals surface area contributed by atoms with E-state index in [4.69, 9.17) is 19.6 Å². The molecular formula is C99H95N4O8Pt-. The van der Waals surface area contributed by atoms with Crippen LogP contribution in [0.2, 0.25) is 0 Å². The summed E-state index contributed by atoms with van der Waals surface area (Å²) in [5, 5.41) is 8.32. The van der Waals surface area contributed by atoms with Crippen LogP contribution in [-0.4, -0.2) is 80.8 Å². The van der Waals surface area contributed by atoms with Crippen LogP contribution in [-0.2, 0) is 51.1 Å². The van der Waals surface area contributed by atoms with Crippen LogP contribution in [0.25, 0.3) is 100 Å². The summed E-state index contributed by atoms with van der Waals surface area (Å²) in [7, 11) is 0. The fourth-order valence-electron chi connectivity index (χ4n) is 17.1. The molecule has 2 aromatic heterocycles. The molecule has 2 aliphatic heterocycles. The number of fused-ring (bicyclic) bond motifs is 6. The second kappa shape index (κ2) is 36.3. The van der Waals surface area contributed by atoms with Gasteiger partial charge in [0.2, 0.25) is 0 Å². The van der Waals surface area contributed by atoms with Gasteiger partial charge in [0.25, 0.3) is 23.6 Å². The molecule has 4 amide bonds. The number of pyridine rings is 2. The van der Waals surface area contributed by atoms with Crippen LogP contribution in [0, 0.1) is 6.07 Å². The average Bonchev–Trinajstić information content (AvgIpc) is 1.57. The van der Waals surface area contributed by atoms with Crippen LogP contribution in [0.3, 0.4) is 0 Å². The van der Waals surface area contributed by atoms with Crippen LogP contribution < -0.4 is 9.47 Å².